The lowest BCUT2D eigenvalue weighted by Gasteiger charge is -2.12. The zero-order valence-electron chi connectivity index (χ0n) is 9.63. The van der Waals surface area contributed by atoms with Crippen molar-refractivity contribution < 1.29 is 13.0 Å². The van der Waals surface area contributed by atoms with Gasteiger partial charge in [0.25, 0.3) is 0 Å². The van der Waals surface area contributed by atoms with Gasteiger partial charge in [-0.05, 0) is 32.9 Å². The van der Waals surface area contributed by atoms with Gasteiger partial charge in [-0.3, -0.25) is 0 Å². The van der Waals surface area contributed by atoms with Crippen LogP contribution in [-0.2, 0) is 11.0 Å². The van der Waals surface area contributed by atoms with Crippen LogP contribution < -0.4 is 0 Å². The summed E-state index contributed by atoms with van der Waals surface area (Å²) in [5, 5.41) is 0. The highest BCUT2D eigenvalue weighted by atomic mass is 79.9. The number of benzene rings is 1. The Labute approximate surface area is 110 Å². The van der Waals surface area contributed by atoms with Crippen molar-refractivity contribution in [2.75, 3.05) is 0 Å². The van der Waals surface area contributed by atoms with E-state index in [0.717, 1.165) is 12.3 Å². The van der Waals surface area contributed by atoms with Crippen LogP contribution in [0.25, 0.3) is 0 Å². The van der Waals surface area contributed by atoms with Crippen LogP contribution in [0, 0.1) is 11.6 Å². The van der Waals surface area contributed by atoms with E-state index in [-0.39, 0.29) is 5.56 Å². The molecule has 1 unspecified atom stereocenters. The van der Waals surface area contributed by atoms with Crippen molar-refractivity contribution in [3.8, 4) is 0 Å². The van der Waals surface area contributed by atoms with Crippen molar-refractivity contribution in [3.63, 3.8) is 0 Å². The smallest absolute Gasteiger partial charge is 0.167 e. The van der Waals surface area contributed by atoms with Crippen LogP contribution in [-0.4, -0.2) is 15.2 Å². The third kappa shape index (κ3) is 3.96. The molecule has 2 nitrogen and oxygen atoms in total. The molecule has 0 bridgehead atoms. The Hall–Kier alpha value is -0.620. The van der Waals surface area contributed by atoms with E-state index < -0.39 is 27.4 Å². The first kappa shape index (κ1) is 14.4. The summed E-state index contributed by atoms with van der Waals surface area (Å²) in [6, 6.07) is 2.40. The quantitative estimate of drug-likeness (QED) is 0.604. The number of halogens is 3. The molecule has 0 radical (unpaired) electrons. The summed E-state index contributed by atoms with van der Waals surface area (Å²) in [6.07, 6.45) is 1.09. The minimum Gasteiger partial charge on any atom is -0.234 e. The lowest BCUT2D eigenvalue weighted by Crippen LogP contribution is -2.19. The topological polar surface area (TPSA) is 29.4 Å². The van der Waals surface area contributed by atoms with Gasteiger partial charge in [-0.1, -0.05) is 15.9 Å². The highest BCUT2D eigenvalue weighted by Gasteiger charge is 2.18. The molecule has 1 aromatic rings. The van der Waals surface area contributed by atoms with Gasteiger partial charge in [0.2, 0.25) is 0 Å². The van der Waals surface area contributed by atoms with Crippen LogP contribution in [0.1, 0.15) is 26.3 Å². The number of hydrogen-bond donors (Lipinski definition) is 0. The molecule has 0 saturated carbocycles. The van der Waals surface area contributed by atoms with Crippen LogP contribution in [0.2, 0.25) is 0 Å². The molecule has 0 aliphatic rings. The average Bonchev–Trinajstić information content (AvgIpc) is 2.19. The Bertz CT molecular complexity index is 483. The summed E-state index contributed by atoms with van der Waals surface area (Å²) in [5.41, 5.74) is -0.0329. The lowest BCUT2D eigenvalue weighted by molar-refractivity contribution is 0.507. The Kier molecular flexibility index (Phi) is 4.55. The summed E-state index contributed by atoms with van der Waals surface area (Å²) in [4.78, 5) is 0. The predicted molar refractivity (Wildman–Crippen MR) is 69.5 cm³/mol. The van der Waals surface area contributed by atoms with E-state index in [1.54, 1.807) is 20.8 Å². The van der Waals surface area contributed by atoms with Gasteiger partial charge < -0.3 is 0 Å². The highest BCUT2D eigenvalue weighted by molar-refractivity contribution is 9.10. The Morgan fingerprint density at radius 2 is 1.94 bits per heavy atom. The predicted octanol–water partition coefficient (Wildman–Crippen LogP) is 3.61. The molecule has 0 heterocycles. The van der Waals surface area contributed by atoms with Crippen molar-refractivity contribution in [2.24, 2.45) is 4.40 Å². The van der Waals surface area contributed by atoms with Crippen LogP contribution in [0.3, 0.4) is 0 Å². The third-order valence-corrected chi connectivity index (χ3v) is 3.63. The van der Waals surface area contributed by atoms with Crippen molar-refractivity contribution in [1.82, 2.24) is 0 Å². The van der Waals surface area contributed by atoms with E-state index in [4.69, 9.17) is 0 Å². The fourth-order valence-corrected chi connectivity index (χ4v) is 1.91. The van der Waals surface area contributed by atoms with E-state index in [1.165, 1.54) is 6.07 Å². The largest absolute Gasteiger partial charge is 0.234 e. The van der Waals surface area contributed by atoms with Crippen LogP contribution >= 0.6 is 15.9 Å². The maximum atomic E-state index is 13.3. The first-order chi connectivity index (χ1) is 7.71. The van der Waals surface area contributed by atoms with E-state index in [1.807, 2.05) is 0 Å². The molecule has 1 atom stereocenters. The van der Waals surface area contributed by atoms with Crippen molar-refractivity contribution in [2.45, 2.75) is 25.5 Å². The first-order valence-corrected chi connectivity index (χ1v) is 6.72. The molecule has 0 aliphatic heterocycles. The molecule has 1 rings (SSSR count). The Morgan fingerprint density at radius 3 is 2.47 bits per heavy atom. The molecular weight excluding hydrogens is 312 g/mol. The summed E-state index contributed by atoms with van der Waals surface area (Å²) in [5.74, 6) is -1.97. The van der Waals surface area contributed by atoms with E-state index in [9.17, 15) is 13.0 Å². The molecule has 1 aromatic carbocycles. The fraction of sp³-hybridized carbons (Fsp3) is 0.364. The maximum Gasteiger partial charge on any atom is 0.167 e. The van der Waals surface area contributed by atoms with Gasteiger partial charge in [0.15, 0.2) is 11.6 Å². The van der Waals surface area contributed by atoms with Gasteiger partial charge >= 0.3 is 0 Å². The second-order valence-electron chi connectivity index (χ2n) is 4.39. The molecule has 0 saturated heterocycles. The van der Waals surface area contributed by atoms with Crippen molar-refractivity contribution >= 4 is 33.1 Å². The van der Waals surface area contributed by atoms with Crippen LogP contribution in [0.5, 0.6) is 0 Å². The number of nitrogens with zero attached hydrogens (tertiary/aromatic N) is 1. The number of hydrogen-bond acceptors (Lipinski definition) is 1. The summed E-state index contributed by atoms with van der Waals surface area (Å²) >= 11 is 3.05. The summed E-state index contributed by atoms with van der Waals surface area (Å²) in [7, 11) is -1.49. The minimum atomic E-state index is -1.49. The molecule has 6 heteroatoms. The molecule has 0 amide bonds. The molecule has 0 fully saturated rings. The van der Waals surface area contributed by atoms with Gasteiger partial charge in [-0.25, -0.2) is 13.0 Å². The zero-order valence-corrected chi connectivity index (χ0v) is 12.0. The zero-order chi connectivity index (χ0) is 13.2. The average molecular weight is 324 g/mol. The highest BCUT2D eigenvalue weighted by Crippen LogP contribution is 2.19. The maximum absolute atomic E-state index is 13.3. The first-order valence-electron chi connectivity index (χ1n) is 4.82. The summed E-state index contributed by atoms with van der Waals surface area (Å²) in [6.45, 7) is 5.24. The normalized spacial score (nSPS) is 14.2. The fourth-order valence-electron chi connectivity index (χ4n) is 0.933. The molecule has 0 N–H and O–H groups in total. The van der Waals surface area contributed by atoms with Crippen LogP contribution in [0.4, 0.5) is 8.78 Å². The van der Waals surface area contributed by atoms with Crippen molar-refractivity contribution in [3.05, 3.63) is 33.8 Å². The van der Waals surface area contributed by atoms with E-state index in [2.05, 4.69) is 20.3 Å². The molecular formula is C11H12BrF2NOS. The molecule has 94 valence electrons. The SMILES string of the molecule is CC(C)(C)S(=O)/N=C\c1cc(Br)cc(F)c1F. The second kappa shape index (κ2) is 5.35. The Morgan fingerprint density at radius 1 is 1.35 bits per heavy atom. The lowest BCUT2D eigenvalue weighted by atomic mass is 10.2. The minimum absolute atomic E-state index is 0.0329. The Balaban J connectivity index is 3.04. The third-order valence-electron chi connectivity index (χ3n) is 1.83. The summed E-state index contributed by atoms with van der Waals surface area (Å²) < 4.78 is 41.6. The number of rotatable bonds is 2. The second-order valence-corrected chi connectivity index (χ2v) is 7.24. The molecule has 0 spiro atoms. The van der Waals surface area contributed by atoms with Gasteiger partial charge in [0.1, 0.15) is 11.0 Å². The van der Waals surface area contributed by atoms with Gasteiger partial charge in [0, 0.05) is 16.3 Å². The molecule has 0 aromatic heterocycles. The molecule has 0 aliphatic carbocycles. The standard InChI is InChI=1S/C11H12BrF2NOS/c1-11(2,3)17(16)15-6-7-4-8(12)5-9(13)10(7)14/h4-6H,1-3H3/b15-6-. The van der Waals surface area contributed by atoms with E-state index >= 15 is 0 Å². The van der Waals surface area contributed by atoms with E-state index in [0.29, 0.717) is 4.47 Å². The van der Waals surface area contributed by atoms with Crippen molar-refractivity contribution in [1.29, 1.82) is 0 Å². The van der Waals surface area contributed by atoms with Gasteiger partial charge in [0.05, 0.1) is 4.75 Å². The van der Waals surface area contributed by atoms with Crippen LogP contribution in [0.15, 0.2) is 21.0 Å². The van der Waals surface area contributed by atoms with Gasteiger partial charge in [-0.15, -0.1) is 0 Å². The van der Waals surface area contributed by atoms with Gasteiger partial charge in [-0.2, -0.15) is 4.40 Å². The monoisotopic (exact) mass is 323 g/mol. The molecule has 17 heavy (non-hydrogen) atoms.